The normalized spacial score (nSPS) is 12.3. The van der Waals surface area contributed by atoms with Crippen LogP contribution in [0.1, 0.15) is 12.5 Å². The predicted octanol–water partition coefficient (Wildman–Crippen LogP) is 5.11. The first-order chi connectivity index (χ1) is 18.2. The highest BCUT2D eigenvalue weighted by molar-refractivity contribution is 6.31. The van der Waals surface area contributed by atoms with Gasteiger partial charge >= 0.3 is 11.7 Å². The second-order valence-corrected chi connectivity index (χ2v) is 8.63. The standard InChI is InChI=1S/C26H17ClN4O7/c1-14(26(33)34)37-22-8-6-15(10-20(22)31(35)36)13-28-30-24(29-19-5-3-2-4-18(19)25(30)32)23-12-16-11-17(27)7-9-21(16)38-23/h2-14H,1H3,(H,33,34)/t14-/m0/s1. The van der Waals surface area contributed by atoms with Crippen molar-refractivity contribution >= 4 is 51.3 Å². The maximum atomic E-state index is 13.4. The van der Waals surface area contributed by atoms with Crippen molar-refractivity contribution in [1.29, 1.82) is 0 Å². The van der Waals surface area contributed by atoms with Crippen LogP contribution in [0.15, 0.2) is 81.0 Å². The van der Waals surface area contributed by atoms with Crippen LogP contribution in [0.4, 0.5) is 5.69 Å². The zero-order valence-electron chi connectivity index (χ0n) is 19.6. The number of rotatable bonds is 7. The van der Waals surface area contributed by atoms with Crippen LogP contribution >= 0.6 is 11.6 Å². The Morgan fingerprint density at radius 1 is 1.21 bits per heavy atom. The first kappa shape index (κ1) is 24.7. The minimum absolute atomic E-state index is 0.113. The van der Waals surface area contributed by atoms with Gasteiger partial charge in [0.1, 0.15) is 5.58 Å². The Morgan fingerprint density at radius 3 is 2.76 bits per heavy atom. The van der Waals surface area contributed by atoms with Gasteiger partial charge in [-0.05, 0) is 55.5 Å². The van der Waals surface area contributed by atoms with E-state index >= 15 is 0 Å². The predicted molar refractivity (Wildman–Crippen MR) is 140 cm³/mol. The molecule has 3 aromatic carbocycles. The van der Waals surface area contributed by atoms with Crippen LogP contribution < -0.4 is 10.3 Å². The molecule has 0 amide bonds. The van der Waals surface area contributed by atoms with Crippen LogP contribution in [0.5, 0.6) is 5.75 Å². The molecule has 2 heterocycles. The number of fused-ring (bicyclic) bond motifs is 2. The van der Waals surface area contributed by atoms with Gasteiger partial charge in [-0.15, -0.1) is 0 Å². The minimum atomic E-state index is -1.29. The van der Waals surface area contributed by atoms with Gasteiger partial charge in [0.05, 0.1) is 22.0 Å². The molecule has 0 saturated heterocycles. The first-order valence-electron chi connectivity index (χ1n) is 11.1. The van der Waals surface area contributed by atoms with Crippen LogP contribution in [0, 0.1) is 10.1 Å². The maximum Gasteiger partial charge on any atom is 0.344 e. The van der Waals surface area contributed by atoms with Gasteiger partial charge < -0.3 is 14.3 Å². The number of nitrogens with zero attached hydrogens (tertiary/aromatic N) is 4. The number of para-hydroxylation sites is 1. The molecule has 2 aromatic heterocycles. The number of furan rings is 1. The number of carboxylic acids is 1. The third-order valence-electron chi connectivity index (χ3n) is 5.61. The molecule has 5 aromatic rings. The fourth-order valence-corrected chi connectivity index (χ4v) is 3.92. The van der Waals surface area contributed by atoms with E-state index in [1.807, 2.05) is 0 Å². The Hall–Kier alpha value is -5.03. The summed E-state index contributed by atoms with van der Waals surface area (Å²) in [6, 6.07) is 17.4. The Kier molecular flexibility index (Phi) is 6.35. The van der Waals surface area contributed by atoms with Crippen LogP contribution in [0.25, 0.3) is 33.5 Å². The van der Waals surface area contributed by atoms with Crippen LogP contribution in [-0.4, -0.2) is 38.0 Å². The molecule has 0 aliphatic rings. The van der Waals surface area contributed by atoms with Crippen molar-refractivity contribution in [3.63, 3.8) is 0 Å². The van der Waals surface area contributed by atoms with Gasteiger partial charge in [-0.1, -0.05) is 23.7 Å². The molecule has 0 bridgehead atoms. The van der Waals surface area contributed by atoms with E-state index in [1.54, 1.807) is 48.5 Å². The average molecular weight is 533 g/mol. The molecule has 0 radical (unpaired) electrons. The van der Waals surface area contributed by atoms with Crippen molar-refractivity contribution in [2.24, 2.45) is 5.10 Å². The molecule has 11 nitrogen and oxygen atoms in total. The molecule has 0 unspecified atom stereocenters. The largest absolute Gasteiger partial charge is 0.479 e. The zero-order valence-corrected chi connectivity index (χ0v) is 20.3. The molecule has 1 atom stereocenters. The Balaban J connectivity index is 1.62. The van der Waals surface area contributed by atoms with Gasteiger partial charge in [0.25, 0.3) is 5.56 Å². The number of hydrogen-bond acceptors (Lipinski definition) is 8. The highest BCUT2D eigenvalue weighted by atomic mass is 35.5. The summed E-state index contributed by atoms with van der Waals surface area (Å²) in [5, 5.41) is 26.5. The van der Waals surface area contributed by atoms with Crippen molar-refractivity contribution in [3.05, 3.63) is 97.8 Å². The number of aliphatic carboxylic acids is 1. The number of carbonyl (C=O) groups is 1. The molecule has 0 spiro atoms. The van der Waals surface area contributed by atoms with Crippen molar-refractivity contribution in [3.8, 4) is 17.3 Å². The number of nitro groups is 1. The maximum absolute atomic E-state index is 13.4. The second-order valence-electron chi connectivity index (χ2n) is 8.19. The molecular formula is C26H17ClN4O7. The van der Waals surface area contributed by atoms with Crippen molar-refractivity contribution in [2.45, 2.75) is 13.0 Å². The smallest absolute Gasteiger partial charge is 0.344 e. The van der Waals surface area contributed by atoms with Gasteiger partial charge in [-0.2, -0.15) is 9.78 Å². The number of halogens is 1. The van der Waals surface area contributed by atoms with E-state index in [2.05, 4.69) is 10.1 Å². The van der Waals surface area contributed by atoms with Gasteiger partial charge in [-0.25, -0.2) is 9.78 Å². The van der Waals surface area contributed by atoms with Crippen molar-refractivity contribution in [1.82, 2.24) is 9.66 Å². The molecule has 1 N–H and O–H groups in total. The van der Waals surface area contributed by atoms with E-state index in [0.29, 0.717) is 26.9 Å². The quantitative estimate of drug-likeness (QED) is 0.173. The lowest BCUT2D eigenvalue weighted by molar-refractivity contribution is -0.386. The third kappa shape index (κ3) is 4.70. The fourth-order valence-electron chi connectivity index (χ4n) is 3.74. The van der Waals surface area contributed by atoms with E-state index < -0.39 is 28.2 Å². The summed E-state index contributed by atoms with van der Waals surface area (Å²) in [7, 11) is 0. The van der Waals surface area contributed by atoms with Crippen LogP contribution in [0.3, 0.4) is 0 Å². The number of nitro benzene ring substituents is 1. The van der Waals surface area contributed by atoms with Gasteiger partial charge in [0.15, 0.2) is 17.6 Å². The number of benzene rings is 3. The highest BCUT2D eigenvalue weighted by Crippen LogP contribution is 2.30. The van der Waals surface area contributed by atoms with E-state index in [1.165, 1.54) is 25.3 Å². The number of ether oxygens (including phenoxy) is 1. The van der Waals surface area contributed by atoms with E-state index in [0.717, 1.165) is 10.7 Å². The summed E-state index contributed by atoms with van der Waals surface area (Å²) < 4.78 is 12.2. The topological polar surface area (TPSA) is 150 Å². The Morgan fingerprint density at radius 2 is 2.00 bits per heavy atom. The van der Waals surface area contributed by atoms with Crippen LogP contribution in [-0.2, 0) is 4.79 Å². The second kappa shape index (κ2) is 9.79. The average Bonchev–Trinajstić information content (AvgIpc) is 3.31. The molecule has 0 saturated carbocycles. The molecule has 0 aliphatic carbocycles. The first-order valence-corrected chi connectivity index (χ1v) is 11.5. The SMILES string of the molecule is C[C@H](Oc1ccc(C=Nn2c(-c3cc4cc(Cl)ccc4o3)nc3ccccc3c2=O)cc1[N+](=O)[O-])C(=O)O. The molecule has 0 aliphatic heterocycles. The number of hydrogen-bond donors (Lipinski definition) is 1. The Bertz CT molecular complexity index is 1830. The summed E-state index contributed by atoms with van der Waals surface area (Å²) in [5.41, 5.74) is 0.284. The van der Waals surface area contributed by atoms with E-state index in [4.69, 9.17) is 25.9 Å². The molecule has 38 heavy (non-hydrogen) atoms. The number of aromatic nitrogens is 2. The summed E-state index contributed by atoms with van der Waals surface area (Å²) in [5.74, 6) is -1.11. The highest BCUT2D eigenvalue weighted by Gasteiger charge is 2.21. The lowest BCUT2D eigenvalue weighted by Gasteiger charge is -2.10. The zero-order chi connectivity index (χ0) is 27.0. The lowest BCUT2D eigenvalue weighted by atomic mass is 10.2. The number of carboxylic acid groups (broad SMARTS) is 1. The van der Waals surface area contributed by atoms with Crippen molar-refractivity contribution < 1.29 is 24.0 Å². The van der Waals surface area contributed by atoms with Gasteiger partial charge in [0, 0.05) is 22.0 Å². The van der Waals surface area contributed by atoms with Gasteiger partial charge in [-0.3, -0.25) is 14.9 Å². The van der Waals surface area contributed by atoms with Gasteiger partial charge in [0.2, 0.25) is 5.82 Å². The fraction of sp³-hybridized carbons (Fsp3) is 0.0769. The minimum Gasteiger partial charge on any atom is -0.479 e. The molecule has 0 fully saturated rings. The van der Waals surface area contributed by atoms with Crippen LogP contribution in [0.2, 0.25) is 5.02 Å². The molecule has 190 valence electrons. The van der Waals surface area contributed by atoms with E-state index in [-0.39, 0.29) is 22.9 Å². The molecule has 5 rings (SSSR count). The summed E-state index contributed by atoms with van der Waals surface area (Å²) in [6.07, 6.45) is -0.0464. The van der Waals surface area contributed by atoms with E-state index in [9.17, 15) is 19.7 Å². The Labute approximate surface area is 218 Å². The molecule has 12 heteroatoms. The third-order valence-corrected chi connectivity index (χ3v) is 5.84. The monoisotopic (exact) mass is 532 g/mol. The summed E-state index contributed by atoms with van der Waals surface area (Å²) in [4.78, 5) is 40.0. The summed E-state index contributed by atoms with van der Waals surface area (Å²) in [6.45, 7) is 1.26. The lowest BCUT2D eigenvalue weighted by Crippen LogP contribution is -2.23. The molecular weight excluding hydrogens is 516 g/mol. The van der Waals surface area contributed by atoms with Crippen molar-refractivity contribution in [2.75, 3.05) is 0 Å². The summed E-state index contributed by atoms with van der Waals surface area (Å²) >= 11 is 6.09.